The molecule has 0 radical (unpaired) electrons. The second kappa shape index (κ2) is 6.56. The molecule has 2 aromatic heterocycles. The number of H-pyrrole nitrogens is 1. The summed E-state index contributed by atoms with van der Waals surface area (Å²) in [7, 11) is 1.32. The van der Waals surface area contributed by atoms with Crippen LogP contribution in [0.3, 0.4) is 0 Å². The van der Waals surface area contributed by atoms with Gasteiger partial charge in [0.05, 0.1) is 29.3 Å². The van der Waals surface area contributed by atoms with Gasteiger partial charge in [0, 0.05) is 6.04 Å². The average Bonchev–Trinajstić information content (AvgIpc) is 3.41. The molecule has 0 bridgehead atoms. The highest BCUT2D eigenvalue weighted by Gasteiger charge is 2.28. The number of hydrogen-bond acceptors (Lipinski definition) is 7. The van der Waals surface area contributed by atoms with Crippen molar-refractivity contribution >= 4 is 28.6 Å². The Bertz CT molecular complexity index is 1050. The summed E-state index contributed by atoms with van der Waals surface area (Å²) in [6.45, 7) is 1.94. The number of hydrogen-bond donors (Lipinski definition) is 1. The third-order valence-corrected chi connectivity index (χ3v) is 5.22. The van der Waals surface area contributed by atoms with Gasteiger partial charge in [-0.1, -0.05) is 11.8 Å². The molecule has 1 saturated carbocycles. The molecule has 0 aliphatic heterocycles. The van der Waals surface area contributed by atoms with E-state index in [2.05, 4.69) is 24.7 Å². The van der Waals surface area contributed by atoms with E-state index in [1.54, 1.807) is 18.2 Å². The number of aryl methyl sites for hydroxylation is 1. The number of methoxy groups -OCH3 is 1. The van der Waals surface area contributed by atoms with Gasteiger partial charge >= 0.3 is 5.97 Å². The molecule has 134 valence electrons. The summed E-state index contributed by atoms with van der Waals surface area (Å²) in [5.74, 6) is 1.42. The Labute approximate surface area is 153 Å². The lowest BCUT2D eigenvalue weighted by Gasteiger charge is -2.07. The van der Waals surface area contributed by atoms with Crippen molar-refractivity contribution < 1.29 is 9.53 Å². The Morgan fingerprint density at radius 2 is 2.19 bits per heavy atom. The largest absolute Gasteiger partial charge is 0.465 e. The van der Waals surface area contributed by atoms with Crippen molar-refractivity contribution in [2.75, 3.05) is 7.11 Å². The number of thioether (sulfide) groups is 1. The van der Waals surface area contributed by atoms with E-state index in [-0.39, 0.29) is 5.56 Å². The lowest BCUT2D eigenvalue weighted by molar-refractivity contribution is 0.0601. The van der Waals surface area contributed by atoms with Gasteiger partial charge in [-0.2, -0.15) is 0 Å². The number of nitrogens with one attached hydrogen (secondary N) is 1. The number of aromatic amines is 1. The summed E-state index contributed by atoms with van der Waals surface area (Å²) in [6, 6.07) is 5.19. The lowest BCUT2D eigenvalue weighted by atomic mass is 10.1. The molecule has 1 N–H and O–H groups in total. The van der Waals surface area contributed by atoms with Gasteiger partial charge in [-0.05, 0) is 38.0 Å². The van der Waals surface area contributed by atoms with Gasteiger partial charge in [-0.3, -0.25) is 4.79 Å². The number of esters is 1. The van der Waals surface area contributed by atoms with Crippen LogP contribution in [0.25, 0.3) is 10.9 Å². The zero-order valence-corrected chi connectivity index (χ0v) is 15.2. The van der Waals surface area contributed by atoms with Crippen LogP contribution in [0.2, 0.25) is 0 Å². The summed E-state index contributed by atoms with van der Waals surface area (Å²) in [6.07, 6.45) is 2.29. The van der Waals surface area contributed by atoms with Crippen LogP contribution < -0.4 is 5.56 Å². The zero-order valence-electron chi connectivity index (χ0n) is 14.4. The maximum atomic E-state index is 12.3. The van der Waals surface area contributed by atoms with Crippen molar-refractivity contribution in [3.63, 3.8) is 0 Å². The van der Waals surface area contributed by atoms with Crippen LogP contribution >= 0.6 is 11.8 Å². The minimum Gasteiger partial charge on any atom is -0.465 e. The van der Waals surface area contributed by atoms with Crippen LogP contribution in [0.1, 0.15) is 40.9 Å². The van der Waals surface area contributed by atoms with Crippen LogP contribution in [0, 0.1) is 6.92 Å². The third-order valence-electron chi connectivity index (χ3n) is 4.26. The number of fused-ring (bicyclic) bond motifs is 1. The molecule has 0 spiro atoms. The van der Waals surface area contributed by atoms with Gasteiger partial charge in [0.15, 0.2) is 5.16 Å². The van der Waals surface area contributed by atoms with E-state index in [0.29, 0.717) is 34.1 Å². The van der Waals surface area contributed by atoms with Crippen LogP contribution in [0.4, 0.5) is 0 Å². The monoisotopic (exact) mass is 371 g/mol. The fourth-order valence-electron chi connectivity index (χ4n) is 2.84. The van der Waals surface area contributed by atoms with E-state index in [9.17, 15) is 9.59 Å². The Kier molecular flexibility index (Phi) is 4.23. The Hall–Kier alpha value is -2.68. The van der Waals surface area contributed by atoms with Gasteiger partial charge in [0.2, 0.25) is 0 Å². The van der Waals surface area contributed by atoms with E-state index >= 15 is 0 Å². The van der Waals surface area contributed by atoms with Crippen molar-refractivity contribution in [3.05, 3.63) is 45.8 Å². The number of benzene rings is 1. The normalized spacial score (nSPS) is 13.9. The zero-order chi connectivity index (χ0) is 18.3. The van der Waals surface area contributed by atoms with Crippen LogP contribution in [-0.2, 0) is 10.5 Å². The molecule has 4 rings (SSSR count). The lowest BCUT2D eigenvalue weighted by Crippen LogP contribution is -2.12. The van der Waals surface area contributed by atoms with Gasteiger partial charge in [0.25, 0.3) is 5.56 Å². The van der Waals surface area contributed by atoms with Crippen molar-refractivity contribution in [2.24, 2.45) is 0 Å². The number of aromatic nitrogens is 5. The predicted octanol–water partition coefficient (Wildman–Crippen LogP) is 2.24. The molecular formula is C17H17N5O3S. The molecule has 9 heteroatoms. The van der Waals surface area contributed by atoms with Gasteiger partial charge in [-0.15, -0.1) is 10.2 Å². The standard InChI is InChI=1S/C17H17N5O3S/c1-9-20-21-17(22(9)11-4-5-11)26-8-14-18-13-7-10(16(24)25-2)3-6-12(13)15(23)19-14/h3,6-7,11H,4-5,8H2,1-2H3,(H,18,19,23). The minimum absolute atomic E-state index is 0.234. The Balaban J connectivity index is 1.62. The number of carbonyl (C=O) groups is 1. The molecule has 0 saturated heterocycles. The van der Waals surface area contributed by atoms with Gasteiger partial charge in [0.1, 0.15) is 11.6 Å². The molecule has 1 aromatic carbocycles. The summed E-state index contributed by atoms with van der Waals surface area (Å²) in [4.78, 5) is 31.3. The van der Waals surface area contributed by atoms with E-state index in [4.69, 9.17) is 4.74 Å². The quantitative estimate of drug-likeness (QED) is 0.542. The van der Waals surface area contributed by atoms with Crippen molar-refractivity contribution in [1.82, 2.24) is 24.7 Å². The molecule has 1 aliphatic carbocycles. The molecular weight excluding hydrogens is 354 g/mol. The first-order valence-corrected chi connectivity index (χ1v) is 9.21. The van der Waals surface area contributed by atoms with Crippen LogP contribution in [-0.4, -0.2) is 37.8 Å². The first-order valence-electron chi connectivity index (χ1n) is 8.22. The second-order valence-electron chi connectivity index (χ2n) is 6.16. The highest BCUT2D eigenvalue weighted by molar-refractivity contribution is 7.98. The average molecular weight is 371 g/mol. The van der Waals surface area contributed by atoms with E-state index in [1.807, 2.05) is 6.92 Å². The van der Waals surface area contributed by atoms with Crippen molar-refractivity contribution in [3.8, 4) is 0 Å². The summed E-state index contributed by atoms with van der Waals surface area (Å²) < 4.78 is 6.86. The SMILES string of the molecule is COC(=O)c1ccc2c(=O)[nH]c(CSc3nnc(C)n3C3CC3)nc2c1. The topological polar surface area (TPSA) is 103 Å². The summed E-state index contributed by atoms with van der Waals surface area (Å²) >= 11 is 1.49. The molecule has 1 aliphatic rings. The number of rotatable bonds is 5. The molecule has 2 heterocycles. The molecule has 1 fully saturated rings. The Morgan fingerprint density at radius 1 is 1.38 bits per heavy atom. The van der Waals surface area contributed by atoms with E-state index in [0.717, 1.165) is 23.8 Å². The van der Waals surface area contributed by atoms with Gasteiger partial charge in [-0.25, -0.2) is 9.78 Å². The molecule has 8 nitrogen and oxygen atoms in total. The predicted molar refractivity (Wildman–Crippen MR) is 96.3 cm³/mol. The first kappa shape index (κ1) is 16.8. The van der Waals surface area contributed by atoms with Gasteiger partial charge < -0.3 is 14.3 Å². The van der Waals surface area contributed by atoms with E-state index in [1.165, 1.54) is 18.9 Å². The minimum atomic E-state index is -0.460. The molecule has 0 unspecified atom stereocenters. The second-order valence-corrected chi connectivity index (χ2v) is 7.10. The van der Waals surface area contributed by atoms with Crippen molar-refractivity contribution in [1.29, 1.82) is 0 Å². The summed E-state index contributed by atoms with van der Waals surface area (Å²) in [5, 5.41) is 9.63. The van der Waals surface area contributed by atoms with Crippen LogP contribution in [0.5, 0.6) is 0 Å². The Morgan fingerprint density at radius 3 is 2.92 bits per heavy atom. The highest BCUT2D eigenvalue weighted by atomic mass is 32.2. The number of nitrogens with zero attached hydrogens (tertiary/aromatic N) is 4. The maximum Gasteiger partial charge on any atom is 0.337 e. The fraction of sp³-hybridized carbons (Fsp3) is 0.353. The molecule has 3 aromatic rings. The molecule has 0 atom stereocenters. The van der Waals surface area contributed by atoms with Crippen molar-refractivity contribution in [2.45, 2.75) is 36.7 Å². The first-order chi connectivity index (χ1) is 12.6. The smallest absolute Gasteiger partial charge is 0.337 e. The molecule has 0 amide bonds. The third kappa shape index (κ3) is 3.10. The maximum absolute atomic E-state index is 12.3. The van der Waals surface area contributed by atoms with Crippen LogP contribution in [0.15, 0.2) is 28.2 Å². The number of carbonyl (C=O) groups excluding carboxylic acids is 1. The highest BCUT2D eigenvalue weighted by Crippen LogP contribution is 2.38. The summed E-state index contributed by atoms with van der Waals surface area (Å²) in [5.41, 5.74) is 0.592. The van der Waals surface area contributed by atoms with E-state index < -0.39 is 5.97 Å². The number of ether oxygens (including phenoxy) is 1. The molecule has 26 heavy (non-hydrogen) atoms. The fourth-order valence-corrected chi connectivity index (χ4v) is 3.76.